The predicted octanol–water partition coefficient (Wildman–Crippen LogP) is 2.22. The molecule has 2 N–H and O–H groups in total. The van der Waals surface area contributed by atoms with Gasteiger partial charge in [0.1, 0.15) is 0 Å². The lowest BCUT2D eigenvalue weighted by Gasteiger charge is -2.26. The molecule has 0 fully saturated rings. The first-order valence-electron chi connectivity index (χ1n) is 5.25. The minimum absolute atomic E-state index is 0.0715. The van der Waals surface area contributed by atoms with E-state index in [0.717, 1.165) is 10.2 Å². The molecule has 0 aliphatic heterocycles. The number of hydrogen-bond acceptors (Lipinski definition) is 6. The second kappa shape index (κ2) is 6.31. The zero-order chi connectivity index (χ0) is 13.8. The number of benzene rings is 1. The standard InChI is InChI=1S/C11H10BrN4O2S/c1-19-11-13-6-9(16(17)18)10(15-11)14-8-4-2-3-7(12)5-8/h2-6,16H,1H3,(H,13,14,15)/q-1. The van der Waals surface area contributed by atoms with Crippen molar-refractivity contribution in [2.45, 2.75) is 5.16 Å². The third kappa shape index (κ3) is 3.64. The topological polar surface area (TPSA) is 88.4 Å². The molecule has 0 spiro atoms. The molecule has 0 aliphatic carbocycles. The number of hydrogen-bond donors (Lipinski definition) is 2. The normalized spacial score (nSPS) is 10.8. The largest absolute Gasteiger partial charge is 0.627 e. The first kappa shape index (κ1) is 14.2. The molecule has 1 aromatic heterocycles. The summed E-state index contributed by atoms with van der Waals surface area (Å²) in [6.45, 7) is 0. The number of rotatable bonds is 4. The highest BCUT2D eigenvalue weighted by atomic mass is 79.9. The van der Waals surface area contributed by atoms with Crippen LogP contribution in [-0.2, 0) is 0 Å². The van der Waals surface area contributed by atoms with Crippen LogP contribution in [-0.4, -0.2) is 16.2 Å². The molecular weight excluding hydrogens is 332 g/mol. The van der Waals surface area contributed by atoms with Crippen LogP contribution in [0.1, 0.15) is 0 Å². The van der Waals surface area contributed by atoms with Gasteiger partial charge in [-0.25, -0.2) is 4.98 Å². The Bertz CT molecular complexity index is 582. The maximum atomic E-state index is 11.0. The minimum atomic E-state index is -1.31. The smallest absolute Gasteiger partial charge is 0.197 e. The fraction of sp³-hybridized carbons (Fsp3) is 0.0909. The summed E-state index contributed by atoms with van der Waals surface area (Å²) in [5.41, 5.74) is 0.653. The Hall–Kier alpha value is -1.19. The zero-order valence-corrected chi connectivity index (χ0v) is 12.3. The Morgan fingerprint density at radius 2 is 2.16 bits per heavy atom. The highest BCUT2D eigenvalue weighted by Gasteiger charge is 2.10. The van der Waals surface area contributed by atoms with Crippen molar-refractivity contribution in [3.63, 3.8) is 0 Å². The summed E-state index contributed by atoms with van der Waals surface area (Å²) in [5.74, 6) is 0.220. The van der Waals surface area contributed by atoms with Gasteiger partial charge >= 0.3 is 0 Å². The lowest BCUT2D eigenvalue weighted by Crippen LogP contribution is -2.96. The van der Waals surface area contributed by atoms with Crippen molar-refractivity contribution < 1.29 is 5.23 Å². The van der Waals surface area contributed by atoms with Crippen molar-refractivity contribution in [1.82, 2.24) is 9.97 Å². The molecule has 0 saturated heterocycles. The molecule has 0 atom stereocenters. The summed E-state index contributed by atoms with van der Waals surface area (Å²) in [5, 5.41) is 24.2. The number of halogens is 1. The molecule has 0 amide bonds. The molecule has 0 saturated carbocycles. The molecule has 1 heterocycles. The third-order valence-electron chi connectivity index (χ3n) is 2.26. The van der Waals surface area contributed by atoms with Gasteiger partial charge in [0.15, 0.2) is 16.7 Å². The van der Waals surface area contributed by atoms with E-state index >= 15 is 0 Å². The van der Waals surface area contributed by atoms with Crippen LogP contribution in [0.5, 0.6) is 0 Å². The number of anilines is 2. The summed E-state index contributed by atoms with van der Waals surface area (Å²) in [6, 6.07) is 7.34. The van der Waals surface area contributed by atoms with Crippen LogP contribution in [0.25, 0.3) is 0 Å². The lowest BCUT2D eigenvalue weighted by molar-refractivity contribution is -0.714. The van der Waals surface area contributed by atoms with Crippen LogP contribution < -0.4 is 10.5 Å². The van der Waals surface area contributed by atoms with Gasteiger partial charge in [0.25, 0.3) is 0 Å². The molecular formula is C11H10BrN4O2S-. The molecule has 2 rings (SSSR count). The SMILES string of the molecule is CSc1ncc([NH+]([O-])[O-])c(Nc2cccc(Br)c2)n1. The van der Waals surface area contributed by atoms with Crippen LogP contribution in [0.2, 0.25) is 0 Å². The number of quaternary nitrogens is 1. The van der Waals surface area contributed by atoms with Crippen molar-refractivity contribution in [1.29, 1.82) is 0 Å². The van der Waals surface area contributed by atoms with Gasteiger partial charge in [-0.15, -0.1) is 0 Å². The third-order valence-corrected chi connectivity index (χ3v) is 3.31. The first-order valence-corrected chi connectivity index (χ1v) is 7.27. The van der Waals surface area contributed by atoms with Crippen molar-refractivity contribution in [3.8, 4) is 0 Å². The van der Waals surface area contributed by atoms with E-state index in [9.17, 15) is 10.4 Å². The highest BCUT2D eigenvalue weighted by Crippen LogP contribution is 2.24. The Morgan fingerprint density at radius 1 is 1.37 bits per heavy atom. The van der Waals surface area contributed by atoms with Gasteiger partial charge in [-0.3, -0.25) is 0 Å². The molecule has 2 aromatic rings. The monoisotopic (exact) mass is 341 g/mol. The molecule has 0 radical (unpaired) electrons. The van der Waals surface area contributed by atoms with E-state index < -0.39 is 5.23 Å². The van der Waals surface area contributed by atoms with Crippen LogP contribution in [0.4, 0.5) is 17.2 Å². The number of thioether (sulfide) groups is 1. The van der Waals surface area contributed by atoms with Gasteiger partial charge < -0.3 is 21.0 Å². The second-order valence-corrected chi connectivity index (χ2v) is 5.23. The maximum Gasteiger partial charge on any atom is 0.197 e. The van der Waals surface area contributed by atoms with E-state index in [1.54, 1.807) is 0 Å². The molecule has 6 nitrogen and oxygen atoms in total. The van der Waals surface area contributed by atoms with Gasteiger partial charge in [-0.2, -0.15) is 4.98 Å². The maximum absolute atomic E-state index is 11.0. The van der Waals surface area contributed by atoms with Gasteiger partial charge in [0.05, 0.1) is 6.20 Å². The van der Waals surface area contributed by atoms with E-state index in [1.165, 1.54) is 18.0 Å². The predicted molar refractivity (Wildman–Crippen MR) is 78.6 cm³/mol. The lowest BCUT2D eigenvalue weighted by atomic mass is 10.3. The van der Waals surface area contributed by atoms with E-state index in [1.807, 2.05) is 30.5 Å². The van der Waals surface area contributed by atoms with Crippen LogP contribution in [0, 0.1) is 10.4 Å². The molecule has 19 heavy (non-hydrogen) atoms. The molecule has 0 unspecified atom stereocenters. The van der Waals surface area contributed by atoms with Crippen LogP contribution in [0.3, 0.4) is 0 Å². The molecule has 1 aromatic carbocycles. The van der Waals surface area contributed by atoms with Gasteiger partial charge in [-0.1, -0.05) is 33.8 Å². The van der Waals surface area contributed by atoms with E-state index in [2.05, 4.69) is 31.2 Å². The Labute approximate surface area is 122 Å². The van der Waals surface area contributed by atoms with Crippen molar-refractivity contribution >= 4 is 44.9 Å². The molecule has 0 bridgehead atoms. The number of nitrogens with one attached hydrogen (secondary N) is 2. The van der Waals surface area contributed by atoms with Crippen LogP contribution >= 0.6 is 27.7 Å². The summed E-state index contributed by atoms with van der Waals surface area (Å²) in [4.78, 5) is 8.06. The highest BCUT2D eigenvalue weighted by molar-refractivity contribution is 9.10. The average molecular weight is 342 g/mol. The summed E-state index contributed by atoms with van der Waals surface area (Å²) in [7, 11) is 0. The van der Waals surface area contributed by atoms with Crippen molar-refractivity contribution in [3.05, 3.63) is 45.3 Å². The quantitative estimate of drug-likeness (QED) is 0.503. The Kier molecular flexibility index (Phi) is 4.72. The fourth-order valence-electron chi connectivity index (χ4n) is 1.41. The second-order valence-electron chi connectivity index (χ2n) is 3.54. The number of nitrogens with zero attached hydrogens (tertiary/aromatic N) is 2. The zero-order valence-electron chi connectivity index (χ0n) is 9.88. The number of aromatic nitrogens is 2. The van der Waals surface area contributed by atoms with Gasteiger partial charge in [-0.05, 0) is 24.5 Å². The Morgan fingerprint density at radius 3 is 2.79 bits per heavy atom. The van der Waals surface area contributed by atoms with E-state index in [4.69, 9.17) is 0 Å². The minimum Gasteiger partial charge on any atom is -0.627 e. The van der Waals surface area contributed by atoms with E-state index in [-0.39, 0.29) is 11.5 Å². The average Bonchev–Trinajstić information content (AvgIpc) is 2.38. The van der Waals surface area contributed by atoms with Gasteiger partial charge in [0.2, 0.25) is 0 Å². The molecule has 100 valence electrons. The summed E-state index contributed by atoms with van der Waals surface area (Å²) >= 11 is 4.68. The summed E-state index contributed by atoms with van der Waals surface area (Å²) in [6.07, 6.45) is 3.06. The van der Waals surface area contributed by atoms with Crippen molar-refractivity contribution in [2.24, 2.45) is 0 Å². The Balaban J connectivity index is 2.36. The van der Waals surface area contributed by atoms with Crippen molar-refractivity contribution in [2.75, 3.05) is 11.6 Å². The fourth-order valence-corrected chi connectivity index (χ4v) is 2.15. The van der Waals surface area contributed by atoms with Gasteiger partial charge in [0, 0.05) is 10.2 Å². The first-order chi connectivity index (χ1) is 9.10. The van der Waals surface area contributed by atoms with Crippen LogP contribution in [0.15, 0.2) is 40.1 Å². The molecule has 8 heteroatoms. The summed E-state index contributed by atoms with van der Waals surface area (Å²) < 4.78 is 0.881. The molecule has 0 aliphatic rings. The van der Waals surface area contributed by atoms with E-state index in [0.29, 0.717) is 5.16 Å².